The topological polar surface area (TPSA) is 71.3 Å². The Labute approximate surface area is 149 Å². The van der Waals surface area contributed by atoms with Crippen molar-refractivity contribution in [2.75, 3.05) is 11.9 Å². The number of alkyl halides is 2. The van der Waals surface area contributed by atoms with Crippen molar-refractivity contribution in [3.63, 3.8) is 0 Å². The number of ether oxygens (including phenoxy) is 2. The molecule has 134 valence electrons. The first-order valence-electron chi connectivity index (χ1n) is 7.74. The lowest BCUT2D eigenvalue weighted by atomic mass is 10.1. The van der Waals surface area contributed by atoms with E-state index < -0.39 is 12.5 Å². The highest BCUT2D eigenvalue weighted by Gasteiger charge is 2.14. The average molecular weight is 358 g/mol. The van der Waals surface area contributed by atoms with Crippen LogP contribution in [0, 0.1) is 11.3 Å². The second-order valence-corrected chi connectivity index (χ2v) is 4.97. The van der Waals surface area contributed by atoms with E-state index in [1.54, 1.807) is 43.3 Å². The lowest BCUT2D eigenvalue weighted by Gasteiger charge is -2.11. The number of nitriles is 1. The Morgan fingerprint density at radius 1 is 1.19 bits per heavy atom. The molecule has 0 atom stereocenters. The maximum atomic E-state index is 12.5. The summed E-state index contributed by atoms with van der Waals surface area (Å²) in [5.41, 5.74) is 0.330. The van der Waals surface area contributed by atoms with E-state index in [4.69, 9.17) is 4.74 Å². The van der Waals surface area contributed by atoms with Gasteiger partial charge in [0.05, 0.1) is 12.3 Å². The molecule has 0 saturated carbocycles. The highest BCUT2D eigenvalue weighted by molar-refractivity contribution is 6.10. The first-order valence-corrected chi connectivity index (χ1v) is 7.74. The predicted octanol–water partition coefficient (Wildman–Crippen LogP) is 4.23. The largest absolute Gasteiger partial charge is 0.492 e. The molecule has 0 heterocycles. The lowest BCUT2D eigenvalue weighted by Crippen LogP contribution is -2.14. The van der Waals surface area contributed by atoms with Gasteiger partial charge in [-0.15, -0.1) is 0 Å². The molecular weight excluding hydrogens is 342 g/mol. The van der Waals surface area contributed by atoms with Crippen LogP contribution < -0.4 is 14.8 Å². The van der Waals surface area contributed by atoms with Crippen molar-refractivity contribution in [1.29, 1.82) is 5.26 Å². The Morgan fingerprint density at radius 3 is 2.50 bits per heavy atom. The number of nitrogens with zero attached hydrogens (tertiary/aromatic N) is 1. The first kappa shape index (κ1) is 18.9. The molecule has 7 heteroatoms. The number of nitrogens with one attached hydrogen (secondary N) is 1. The zero-order valence-electron chi connectivity index (χ0n) is 13.9. The molecule has 0 bridgehead atoms. The molecule has 0 aliphatic rings. The van der Waals surface area contributed by atoms with Gasteiger partial charge in [0.2, 0.25) is 0 Å². The van der Waals surface area contributed by atoms with Gasteiger partial charge in [-0.3, -0.25) is 4.79 Å². The number of carbonyl (C=O) groups excluding carboxylic acids is 1. The van der Waals surface area contributed by atoms with Crippen molar-refractivity contribution in [3.8, 4) is 17.6 Å². The fourth-order valence-electron chi connectivity index (χ4n) is 2.15. The molecule has 0 aromatic heterocycles. The molecule has 2 rings (SSSR count). The van der Waals surface area contributed by atoms with Gasteiger partial charge in [-0.2, -0.15) is 14.0 Å². The predicted molar refractivity (Wildman–Crippen MR) is 92.9 cm³/mol. The molecule has 0 unspecified atom stereocenters. The first-order chi connectivity index (χ1) is 12.5. The van der Waals surface area contributed by atoms with E-state index in [9.17, 15) is 18.8 Å². The van der Waals surface area contributed by atoms with Crippen LogP contribution in [-0.4, -0.2) is 19.1 Å². The number of rotatable bonds is 7. The van der Waals surface area contributed by atoms with E-state index in [0.717, 1.165) is 0 Å². The van der Waals surface area contributed by atoms with Crippen molar-refractivity contribution in [1.82, 2.24) is 0 Å². The number of hydrogen-bond acceptors (Lipinski definition) is 4. The van der Waals surface area contributed by atoms with Crippen molar-refractivity contribution in [2.45, 2.75) is 13.5 Å². The number of benzene rings is 2. The van der Waals surface area contributed by atoms with Crippen molar-refractivity contribution >= 4 is 17.7 Å². The highest BCUT2D eigenvalue weighted by Crippen LogP contribution is 2.26. The van der Waals surface area contributed by atoms with Gasteiger partial charge in [0.25, 0.3) is 5.91 Å². The van der Waals surface area contributed by atoms with E-state index in [-0.39, 0.29) is 16.9 Å². The number of para-hydroxylation sites is 3. The summed E-state index contributed by atoms with van der Waals surface area (Å²) < 4.78 is 34.8. The van der Waals surface area contributed by atoms with Gasteiger partial charge in [-0.25, -0.2) is 0 Å². The molecule has 0 aliphatic carbocycles. The molecule has 0 spiro atoms. The van der Waals surface area contributed by atoms with Crippen LogP contribution in [0.1, 0.15) is 12.5 Å². The van der Waals surface area contributed by atoms with Gasteiger partial charge in [-0.05, 0) is 31.2 Å². The minimum Gasteiger partial charge on any atom is -0.492 e. The maximum absolute atomic E-state index is 12.5. The quantitative estimate of drug-likeness (QED) is 0.594. The highest BCUT2D eigenvalue weighted by atomic mass is 19.3. The second-order valence-electron chi connectivity index (χ2n) is 4.97. The molecule has 1 N–H and O–H groups in total. The van der Waals surface area contributed by atoms with E-state index in [1.165, 1.54) is 24.3 Å². The third kappa shape index (κ3) is 5.05. The summed E-state index contributed by atoms with van der Waals surface area (Å²) in [6, 6.07) is 14.4. The molecule has 1 amide bonds. The van der Waals surface area contributed by atoms with Crippen LogP contribution in [0.2, 0.25) is 0 Å². The van der Waals surface area contributed by atoms with Crippen LogP contribution >= 0.6 is 0 Å². The number of anilines is 1. The third-order valence-corrected chi connectivity index (χ3v) is 3.24. The van der Waals surface area contributed by atoms with Crippen molar-refractivity contribution in [3.05, 3.63) is 59.7 Å². The Balaban J connectivity index is 2.28. The smallest absolute Gasteiger partial charge is 0.387 e. The monoisotopic (exact) mass is 358 g/mol. The van der Waals surface area contributed by atoms with Gasteiger partial charge in [0, 0.05) is 5.56 Å². The van der Waals surface area contributed by atoms with E-state index in [2.05, 4.69) is 10.1 Å². The molecule has 2 aromatic carbocycles. The van der Waals surface area contributed by atoms with Crippen LogP contribution in [0.4, 0.5) is 14.5 Å². The lowest BCUT2D eigenvalue weighted by molar-refractivity contribution is -0.112. The minimum absolute atomic E-state index is 0.127. The van der Waals surface area contributed by atoms with Gasteiger partial charge < -0.3 is 14.8 Å². The summed E-state index contributed by atoms with van der Waals surface area (Å²) in [4.78, 5) is 12.4. The zero-order valence-corrected chi connectivity index (χ0v) is 13.9. The average Bonchev–Trinajstić information content (AvgIpc) is 2.62. The van der Waals surface area contributed by atoms with Gasteiger partial charge in [0.1, 0.15) is 23.1 Å². The van der Waals surface area contributed by atoms with Gasteiger partial charge in [-0.1, -0.05) is 30.3 Å². The molecule has 2 aromatic rings. The normalized spacial score (nSPS) is 11.0. The molecule has 0 radical (unpaired) electrons. The SMILES string of the molecule is CCOc1ccccc1NC(=O)/C(C#N)=C/c1ccccc1OC(F)F. The van der Waals surface area contributed by atoms with Crippen LogP contribution in [0.15, 0.2) is 54.1 Å². The fraction of sp³-hybridized carbons (Fsp3) is 0.158. The van der Waals surface area contributed by atoms with Crippen LogP contribution in [-0.2, 0) is 4.79 Å². The zero-order chi connectivity index (χ0) is 18.9. The van der Waals surface area contributed by atoms with Crippen molar-refractivity contribution in [2.24, 2.45) is 0 Å². The molecule has 0 saturated heterocycles. The summed E-state index contributed by atoms with van der Waals surface area (Å²) in [6.45, 7) is -0.798. The van der Waals surface area contributed by atoms with Gasteiger partial charge >= 0.3 is 6.61 Å². The number of carbonyl (C=O) groups is 1. The number of hydrogen-bond donors (Lipinski definition) is 1. The Morgan fingerprint density at radius 2 is 1.85 bits per heavy atom. The summed E-state index contributed by atoms with van der Waals surface area (Å²) in [5, 5.41) is 11.9. The summed E-state index contributed by atoms with van der Waals surface area (Å²) in [5.74, 6) is -0.355. The second kappa shape index (κ2) is 9.18. The Bertz CT molecular complexity index is 845. The van der Waals surface area contributed by atoms with Crippen LogP contribution in [0.25, 0.3) is 6.08 Å². The Hall–Kier alpha value is -3.40. The molecule has 0 aliphatic heterocycles. The van der Waals surface area contributed by atoms with E-state index in [0.29, 0.717) is 18.0 Å². The minimum atomic E-state index is -3.01. The molecule has 5 nitrogen and oxygen atoms in total. The molecular formula is C19H16F2N2O3. The van der Waals surface area contributed by atoms with Crippen molar-refractivity contribution < 1.29 is 23.0 Å². The van der Waals surface area contributed by atoms with Gasteiger partial charge in [0.15, 0.2) is 0 Å². The van der Waals surface area contributed by atoms with Crippen LogP contribution in [0.3, 0.4) is 0 Å². The van der Waals surface area contributed by atoms with Crippen LogP contribution in [0.5, 0.6) is 11.5 Å². The molecule has 0 fully saturated rings. The third-order valence-electron chi connectivity index (χ3n) is 3.24. The summed E-state index contributed by atoms with van der Waals surface area (Å²) in [7, 11) is 0. The standard InChI is InChI=1S/C19H16F2N2O3/c1-2-25-17-10-6-4-8-15(17)23-18(24)14(12-22)11-13-7-3-5-9-16(13)26-19(20)21/h3-11,19H,2H2,1H3,(H,23,24)/b14-11+. The summed E-state index contributed by atoms with van der Waals surface area (Å²) >= 11 is 0. The van der Waals surface area contributed by atoms with E-state index in [1.807, 2.05) is 0 Å². The van der Waals surface area contributed by atoms with E-state index >= 15 is 0 Å². The number of halogens is 2. The molecule has 26 heavy (non-hydrogen) atoms. The Kier molecular flexibility index (Phi) is 6.68. The summed E-state index contributed by atoms with van der Waals surface area (Å²) in [6.07, 6.45) is 1.19. The number of amides is 1. The maximum Gasteiger partial charge on any atom is 0.387 e. The fourth-order valence-corrected chi connectivity index (χ4v) is 2.15.